The first-order chi connectivity index (χ1) is 9.84. The Bertz CT molecular complexity index is 424. The van der Waals surface area contributed by atoms with Crippen molar-refractivity contribution in [1.82, 2.24) is 3.11 Å². The fourth-order valence-corrected chi connectivity index (χ4v) is 2.99. The zero-order valence-corrected chi connectivity index (χ0v) is 14.0. The van der Waals surface area contributed by atoms with Gasteiger partial charge in [-0.1, -0.05) is 60.7 Å². The van der Waals surface area contributed by atoms with Crippen molar-refractivity contribution in [1.29, 1.82) is 0 Å². The Labute approximate surface area is 136 Å². The van der Waals surface area contributed by atoms with Crippen LogP contribution in [0.4, 0.5) is 0 Å². The predicted octanol–water partition coefficient (Wildman–Crippen LogP) is 4.90. The molecule has 0 saturated heterocycles. The smallest absolute Gasteiger partial charge is 0.0201 e. The average molecular weight is 379 g/mol. The molecule has 1 nitrogen and oxygen atoms in total. The quantitative estimate of drug-likeness (QED) is 0.466. The van der Waals surface area contributed by atoms with E-state index in [1.807, 2.05) is 0 Å². The summed E-state index contributed by atoms with van der Waals surface area (Å²) in [6.45, 7) is 2.34. The fourth-order valence-electron chi connectivity index (χ4n) is 2.31. The highest BCUT2D eigenvalue weighted by Crippen LogP contribution is 2.09. The normalized spacial score (nSPS) is 10.9. The van der Waals surface area contributed by atoms with Crippen molar-refractivity contribution in [2.75, 3.05) is 13.1 Å². The molecule has 20 heavy (non-hydrogen) atoms. The average Bonchev–Trinajstić information content (AvgIpc) is 2.49. The van der Waals surface area contributed by atoms with E-state index in [-0.39, 0.29) is 0 Å². The first-order valence-electron chi connectivity index (χ1n) is 7.33. The minimum atomic E-state index is 1.17. The molecule has 0 aromatic heterocycles. The van der Waals surface area contributed by atoms with Gasteiger partial charge in [0, 0.05) is 36.0 Å². The SMILES string of the molecule is IN(CCCc1ccccc1)CCCc1ccccc1. The number of hydrogen-bond acceptors (Lipinski definition) is 1. The summed E-state index contributed by atoms with van der Waals surface area (Å²) in [5, 5.41) is 0. The number of hydrogen-bond donors (Lipinski definition) is 0. The van der Waals surface area contributed by atoms with Gasteiger partial charge in [-0.3, -0.25) is 0 Å². The highest BCUT2D eigenvalue weighted by atomic mass is 127. The lowest BCUT2D eigenvalue weighted by atomic mass is 10.1. The summed E-state index contributed by atoms with van der Waals surface area (Å²) in [5.41, 5.74) is 2.89. The molecule has 0 bridgehead atoms. The molecule has 0 fully saturated rings. The van der Waals surface area contributed by atoms with Crippen molar-refractivity contribution < 1.29 is 0 Å². The highest BCUT2D eigenvalue weighted by molar-refractivity contribution is 14.1. The van der Waals surface area contributed by atoms with E-state index < -0.39 is 0 Å². The predicted molar refractivity (Wildman–Crippen MR) is 95.1 cm³/mol. The van der Waals surface area contributed by atoms with Crippen molar-refractivity contribution in [2.24, 2.45) is 0 Å². The second-order valence-electron chi connectivity index (χ2n) is 5.09. The molecular weight excluding hydrogens is 357 g/mol. The molecule has 0 aliphatic carbocycles. The van der Waals surface area contributed by atoms with Gasteiger partial charge < -0.3 is 0 Å². The van der Waals surface area contributed by atoms with E-state index >= 15 is 0 Å². The lowest BCUT2D eigenvalue weighted by Gasteiger charge is -2.14. The Morgan fingerprint density at radius 1 is 0.650 bits per heavy atom. The van der Waals surface area contributed by atoms with Crippen LogP contribution in [-0.2, 0) is 12.8 Å². The molecular formula is C18H22IN. The van der Waals surface area contributed by atoms with Gasteiger partial charge in [-0.2, -0.15) is 0 Å². The molecule has 0 N–H and O–H groups in total. The zero-order valence-electron chi connectivity index (χ0n) is 11.8. The summed E-state index contributed by atoms with van der Waals surface area (Å²) in [4.78, 5) is 0. The van der Waals surface area contributed by atoms with Crippen LogP contribution in [0.15, 0.2) is 60.7 Å². The van der Waals surface area contributed by atoms with Gasteiger partial charge in [-0.05, 0) is 36.8 Å². The molecule has 0 atom stereocenters. The second-order valence-corrected chi connectivity index (χ2v) is 6.45. The first kappa shape index (κ1) is 15.5. The van der Waals surface area contributed by atoms with Crippen LogP contribution in [-0.4, -0.2) is 16.2 Å². The Hall–Kier alpha value is -0.870. The standard InChI is InChI=1S/C18H22IN/c19-20(15-7-13-17-9-3-1-4-10-17)16-8-14-18-11-5-2-6-12-18/h1-6,9-12H,7-8,13-16H2. The third-order valence-electron chi connectivity index (χ3n) is 3.42. The van der Waals surface area contributed by atoms with Crippen LogP contribution in [0.5, 0.6) is 0 Å². The Balaban J connectivity index is 1.58. The molecule has 2 rings (SSSR count). The molecule has 0 aliphatic rings. The summed E-state index contributed by atoms with van der Waals surface area (Å²) >= 11 is 2.46. The van der Waals surface area contributed by atoms with Crippen LogP contribution in [0.3, 0.4) is 0 Å². The molecule has 0 unspecified atom stereocenters. The molecule has 2 aromatic carbocycles. The number of aryl methyl sites for hydroxylation is 2. The second kappa shape index (κ2) is 9.14. The number of rotatable bonds is 8. The third-order valence-corrected chi connectivity index (χ3v) is 4.38. The first-order valence-corrected chi connectivity index (χ1v) is 8.29. The van der Waals surface area contributed by atoms with Gasteiger partial charge >= 0.3 is 0 Å². The van der Waals surface area contributed by atoms with Crippen LogP contribution < -0.4 is 0 Å². The monoisotopic (exact) mass is 379 g/mol. The van der Waals surface area contributed by atoms with Crippen molar-refractivity contribution in [3.8, 4) is 0 Å². The third kappa shape index (κ3) is 6.06. The molecule has 2 heteroatoms. The minimum absolute atomic E-state index is 1.17. The largest absolute Gasteiger partial charge is 0.248 e. The van der Waals surface area contributed by atoms with Crippen LogP contribution in [0.2, 0.25) is 0 Å². The maximum absolute atomic E-state index is 2.46. The molecule has 2 aromatic rings. The zero-order chi connectivity index (χ0) is 14.0. The van der Waals surface area contributed by atoms with E-state index in [9.17, 15) is 0 Å². The summed E-state index contributed by atoms with van der Waals surface area (Å²) < 4.78 is 2.42. The van der Waals surface area contributed by atoms with E-state index in [2.05, 4.69) is 86.6 Å². The van der Waals surface area contributed by atoms with Crippen LogP contribution >= 0.6 is 22.9 Å². The summed E-state index contributed by atoms with van der Waals surface area (Å²) in [5.74, 6) is 0. The van der Waals surface area contributed by atoms with Gasteiger partial charge in [0.05, 0.1) is 0 Å². The fraction of sp³-hybridized carbons (Fsp3) is 0.333. The topological polar surface area (TPSA) is 3.24 Å². The molecule has 0 radical (unpaired) electrons. The molecule has 0 amide bonds. The molecule has 0 heterocycles. The molecule has 0 aliphatic heterocycles. The van der Waals surface area contributed by atoms with Gasteiger partial charge in [-0.25, -0.2) is 3.11 Å². The van der Waals surface area contributed by atoms with E-state index in [1.54, 1.807) is 0 Å². The lowest BCUT2D eigenvalue weighted by Crippen LogP contribution is -2.15. The summed E-state index contributed by atoms with van der Waals surface area (Å²) in [6.07, 6.45) is 4.83. The Kier molecular flexibility index (Phi) is 7.09. The minimum Gasteiger partial charge on any atom is -0.248 e. The molecule has 0 spiro atoms. The van der Waals surface area contributed by atoms with E-state index in [1.165, 1.54) is 49.9 Å². The van der Waals surface area contributed by atoms with Crippen molar-refractivity contribution in [2.45, 2.75) is 25.7 Å². The van der Waals surface area contributed by atoms with Crippen LogP contribution in [0, 0.1) is 0 Å². The highest BCUT2D eigenvalue weighted by Gasteiger charge is 2.01. The van der Waals surface area contributed by atoms with E-state index in [4.69, 9.17) is 0 Å². The number of nitrogens with zero attached hydrogens (tertiary/aromatic N) is 1. The Morgan fingerprint density at radius 3 is 1.45 bits per heavy atom. The van der Waals surface area contributed by atoms with Crippen LogP contribution in [0.25, 0.3) is 0 Å². The van der Waals surface area contributed by atoms with Crippen molar-refractivity contribution in [3.05, 3.63) is 71.8 Å². The Morgan fingerprint density at radius 2 is 1.05 bits per heavy atom. The lowest BCUT2D eigenvalue weighted by molar-refractivity contribution is 0.482. The van der Waals surface area contributed by atoms with Crippen molar-refractivity contribution >= 4 is 22.9 Å². The van der Waals surface area contributed by atoms with E-state index in [0.717, 1.165) is 0 Å². The molecule has 0 saturated carbocycles. The maximum Gasteiger partial charge on any atom is 0.0201 e. The van der Waals surface area contributed by atoms with Crippen molar-refractivity contribution in [3.63, 3.8) is 0 Å². The van der Waals surface area contributed by atoms with E-state index in [0.29, 0.717) is 0 Å². The van der Waals surface area contributed by atoms with Crippen LogP contribution in [0.1, 0.15) is 24.0 Å². The summed E-state index contributed by atoms with van der Waals surface area (Å²) in [6, 6.07) is 21.5. The number of halogens is 1. The van der Waals surface area contributed by atoms with Gasteiger partial charge in [0.2, 0.25) is 0 Å². The number of benzene rings is 2. The van der Waals surface area contributed by atoms with Gasteiger partial charge in [0.25, 0.3) is 0 Å². The van der Waals surface area contributed by atoms with Gasteiger partial charge in [0.1, 0.15) is 0 Å². The van der Waals surface area contributed by atoms with Gasteiger partial charge in [0.15, 0.2) is 0 Å². The molecule has 106 valence electrons. The summed E-state index contributed by atoms with van der Waals surface area (Å²) in [7, 11) is 0. The van der Waals surface area contributed by atoms with Gasteiger partial charge in [-0.15, -0.1) is 0 Å². The maximum atomic E-state index is 2.46.